The molecular weight excluding hydrogens is 306 g/mol. The third-order valence-corrected chi connectivity index (χ3v) is 3.71. The van der Waals surface area contributed by atoms with Crippen LogP contribution in [-0.4, -0.2) is 25.7 Å². The number of amides is 1. The molecule has 2 aromatic heterocycles. The van der Waals surface area contributed by atoms with Gasteiger partial charge in [-0.3, -0.25) is 14.7 Å². The average Bonchev–Trinajstić information content (AvgIpc) is 2.97. The largest absolute Gasteiger partial charge is 0.354 e. The molecule has 0 unspecified atom stereocenters. The van der Waals surface area contributed by atoms with Crippen LogP contribution in [0.5, 0.6) is 0 Å². The van der Waals surface area contributed by atoms with Gasteiger partial charge < -0.3 is 9.88 Å². The molecule has 3 aromatic rings. The van der Waals surface area contributed by atoms with Crippen LogP contribution < -0.4 is 10.7 Å². The van der Waals surface area contributed by atoms with Crippen molar-refractivity contribution in [3.05, 3.63) is 63.8 Å². The van der Waals surface area contributed by atoms with Crippen LogP contribution in [0.4, 0.5) is 5.69 Å². The van der Waals surface area contributed by atoms with Gasteiger partial charge in [0.05, 0.1) is 0 Å². The SMILES string of the molecule is Cc1nc(-c2cccc(NC(=O)c3cn(C)c(C)cc3=O)c2)n[nH]1. The minimum atomic E-state index is -0.445. The highest BCUT2D eigenvalue weighted by Gasteiger charge is 2.13. The summed E-state index contributed by atoms with van der Waals surface area (Å²) in [6.07, 6.45) is 1.54. The highest BCUT2D eigenvalue weighted by Crippen LogP contribution is 2.19. The van der Waals surface area contributed by atoms with E-state index in [1.165, 1.54) is 12.3 Å². The number of aromatic amines is 1. The Morgan fingerprint density at radius 2 is 2.04 bits per heavy atom. The van der Waals surface area contributed by atoms with E-state index in [2.05, 4.69) is 20.5 Å². The highest BCUT2D eigenvalue weighted by molar-refractivity contribution is 6.04. The van der Waals surface area contributed by atoms with Gasteiger partial charge in [-0.2, -0.15) is 5.10 Å². The normalized spacial score (nSPS) is 10.6. The molecule has 0 spiro atoms. The molecule has 2 heterocycles. The number of hydrogen-bond donors (Lipinski definition) is 2. The van der Waals surface area contributed by atoms with Crippen LogP contribution in [-0.2, 0) is 7.05 Å². The number of aromatic nitrogens is 4. The van der Waals surface area contributed by atoms with E-state index >= 15 is 0 Å². The van der Waals surface area contributed by atoms with Crippen molar-refractivity contribution in [3.63, 3.8) is 0 Å². The summed E-state index contributed by atoms with van der Waals surface area (Å²) in [6.45, 7) is 3.63. The first-order valence-corrected chi connectivity index (χ1v) is 7.42. The van der Waals surface area contributed by atoms with Crippen LogP contribution in [0.2, 0.25) is 0 Å². The smallest absolute Gasteiger partial charge is 0.261 e. The molecule has 1 amide bonds. The van der Waals surface area contributed by atoms with Gasteiger partial charge in [0.15, 0.2) is 11.3 Å². The van der Waals surface area contributed by atoms with Gasteiger partial charge in [0.25, 0.3) is 5.91 Å². The lowest BCUT2D eigenvalue weighted by Crippen LogP contribution is -2.23. The molecule has 24 heavy (non-hydrogen) atoms. The summed E-state index contributed by atoms with van der Waals surface area (Å²) in [5, 5.41) is 9.62. The van der Waals surface area contributed by atoms with E-state index in [1.807, 2.05) is 19.9 Å². The number of anilines is 1. The van der Waals surface area contributed by atoms with Gasteiger partial charge in [-0.25, -0.2) is 4.98 Å². The number of carbonyl (C=O) groups is 1. The molecule has 0 saturated heterocycles. The number of nitrogens with zero attached hydrogens (tertiary/aromatic N) is 3. The molecule has 0 aliphatic heterocycles. The number of aryl methyl sites for hydroxylation is 3. The van der Waals surface area contributed by atoms with Gasteiger partial charge >= 0.3 is 0 Å². The molecule has 0 aliphatic rings. The van der Waals surface area contributed by atoms with Gasteiger partial charge in [-0.15, -0.1) is 0 Å². The van der Waals surface area contributed by atoms with E-state index in [4.69, 9.17) is 0 Å². The van der Waals surface area contributed by atoms with Crippen molar-refractivity contribution in [2.45, 2.75) is 13.8 Å². The Morgan fingerprint density at radius 3 is 2.75 bits per heavy atom. The minimum absolute atomic E-state index is 0.0993. The minimum Gasteiger partial charge on any atom is -0.354 e. The molecule has 2 N–H and O–H groups in total. The monoisotopic (exact) mass is 323 g/mol. The molecule has 0 bridgehead atoms. The molecule has 0 fully saturated rings. The van der Waals surface area contributed by atoms with Crippen LogP contribution in [0.1, 0.15) is 21.9 Å². The number of carbonyl (C=O) groups excluding carboxylic acids is 1. The lowest BCUT2D eigenvalue weighted by atomic mass is 10.1. The predicted octanol–water partition coefficient (Wildman–Crippen LogP) is 2.04. The Kier molecular flexibility index (Phi) is 3.99. The first kappa shape index (κ1) is 15.7. The zero-order valence-corrected chi connectivity index (χ0v) is 13.6. The zero-order chi connectivity index (χ0) is 17.3. The number of nitrogens with one attached hydrogen (secondary N) is 2. The Morgan fingerprint density at radius 1 is 1.25 bits per heavy atom. The van der Waals surface area contributed by atoms with Crippen molar-refractivity contribution in [2.24, 2.45) is 7.05 Å². The molecule has 0 radical (unpaired) electrons. The fourth-order valence-electron chi connectivity index (χ4n) is 2.31. The maximum atomic E-state index is 12.4. The zero-order valence-electron chi connectivity index (χ0n) is 13.6. The summed E-state index contributed by atoms with van der Waals surface area (Å²) in [7, 11) is 1.79. The van der Waals surface area contributed by atoms with Gasteiger partial charge in [0.2, 0.25) is 0 Å². The summed E-state index contributed by atoms with van der Waals surface area (Å²) in [6, 6.07) is 8.60. The van der Waals surface area contributed by atoms with Crippen LogP contribution in [0.3, 0.4) is 0 Å². The Bertz CT molecular complexity index is 971. The Labute approximate surface area is 138 Å². The van der Waals surface area contributed by atoms with E-state index in [0.29, 0.717) is 17.3 Å². The van der Waals surface area contributed by atoms with Crippen molar-refractivity contribution in [3.8, 4) is 11.4 Å². The van der Waals surface area contributed by atoms with Crippen LogP contribution in [0.25, 0.3) is 11.4 Å². The molecule has 7 nitrogen and oxygen atoms in total. The quantitative estimate of drug-likeness (QED) is 0.771. The summed E-state index contributed by atoms with van der Waals surface area (Å²) in [5.41, 5.74) is 1.93. The Hall–Kier alpha value is -3.22. The number of benzene rings is 1. The van der Waals surface area contributed by atoms with Gasteiger partial charge in [-0.1, -0.05) is 12.1 Å². The lowest BCUT2D eigenvalue weighted by molar-refractivity contribution is 0.102. The second kappa shape index (κ2) is 6.11. The van der Waals surface area contributed by atoms with Crippen molar-refractivity contribution in [1.82, 2.24) is 19.7 Å². The van der Waals surface area contributed by atoms with Crippen molar-refractivity contribution in [1.29, 1.82) is 0 Å². The van der Waals surface area contributed by atoms with Gasteiger partial charge in [0.1, 0.15) is 11.4 Å². The fourth-order valence-corrected chi connectivity index (χ4v) is 2.31. The van der Waals surface area contributed by atoms with Crippen LogP contribution in [0.15, 0.2) is 41.3 Å². The number of rotatable bonds is 3. The molecule has 3 rings (SSSR count). The number of pyridine rings is 1. The predicted molar refractivity (Wildman–Crippen MR) is 90.9 cm³/mol. The maximum Gasteiger partial charge on any atom is 0.261 e. The molecule has 0 atom stereocenters. The van der Waals surface area contributed by atoms with Gasteiger partial charge in [-0.05, 0) is 26.0 Å². The van der Waals surface area contributed by atoms with E-state index in [0.717, 1.165) is 11.3 Å². The molecule has 0 aliphatic carbocycles. The van der Waals surface area contributed by atoms with E-state index in [-0.39, 0.29) is 11.0 Å². The summed E-state index contributed by atoms with van der Waals surface area (Å²) < 4.78 is 1.74. The van der Waals surface area contributed by atoms with Crippen molar-refractivity contribution >= 4 is 11.6 Å². The fraction of sp³-hybridized carbons (Fsp3) is 0.176. The topological polar surface area (TPSA) is 92.7 Å². The van der Waals surface area contributed by atoms with E-state index in [1.54, 1.807) is 29.8 Å². The second-order valence-corrected chi connectivity index (χ2v) is 5.58. The molecular formula is C17H17N5O2. The van der Waals surface area contributed by atoms with Crippen molar-refractivity contribution < 1.29 is 4.79 Å². The molecule has 7 heteroatoms. The van der Waals surface area contributed by atoms with Crippen LogP contribution in [0, 0.1) is 13.8 Å². The second-order valence-electron chi connectivity index (χ2n) is 5.58. The highest BCUT2D eigenvalue weighted by atomic mass is 16.2. The van der Waals surface area contributed by atoms with E-state index < -0.39 is 5.91 Å². The van der Waals surface area contributed by atoms with Crippen LogP contribution >= 0.6 is 0 Å². The van der Waals surface area contributed by atoms with Crippen molar-refractivity contribution in [2.75, 3.05) is 5.32 Å². The third kappa shape index (κ3) is 3.10. The lowest BCUT2D eigenvalue weighted by Gasteiger charge is -2.09. The van der Waals surface area contributed by atoms with E-state index in [9.17, 15) is 9.59 Å². The van der Waals surface area contributed by atoms with Gasteiger partial charge in [0, 0.05) is 36.3 Å². The summed E-state index contributed by atoms with van der Waals surface area (Å²) in [5.74, 6) is 0.816. The third-order valence-electron chi connectivity index (χ3n) is 3.71. The summed E-state index contributed by atoms with van der Waals surface area (Å²) in [4.78, 5) is 28.7. The molecule has 122 valence electrons. The average molecular weight is 323 g/mol. The Balaban J connectivity index is 1.88. The summed E-state index contributed by atoms with van der Waals surface area (Å²) >= 11 is 0. The number of H-pyrrole nitrogens is 1. The molecule has 0 saturated carbocycles. The first-order valence-electron chi connectivity index (χ1n) is 7.42. The number of hydrogen-bond acceptors (Lipinski definition) is 4. The standard InChI is InChI=1S/C17H17N5O2/c1-10-7-15(23)14(9-22(10)3)17(24)19-13-6-4-5-12(8-13)16-18-11(2)20-21-16/h4-9H,1-3H3,(H,19,24)(H,18,20,21). The maximum absolute atomic E-state index is 12.4. The first-order chi connectivity index (χ1) is 11.4. The molecule has 1 aromatic carbocycles.